The lowest BCUT2D eigenvalue weighted by molar-refractivity contribution is 0.0279. The summed E-state index contributed by atoms with van der Waals surface area (Å²) in [5.74, 6) is 1.25. The Balaban J connectivity index is 1.47. The van der Waals surface area contributed by atoms with Crippen molar-refractivity contribution < 1.29 is 23.4 Å². The molecule has 0 N–H and O–H groups in total. The van der Waals surface area contributed by atoms with E-state index in [4.69, 9.17) is 18.6 Å². The molecule has 26 heavy (non-hydrogen) atoms. The van der Waals surface area contributed by atoms with Crippen LogP contribution in [0.4, 0.5) is 0 Å². The molecule has 3 aromatic rings. The Kier molecular flexibility index (Phi) is 4.27. The molecule has 2 aromatic carbocycles. The van der Waals surface area contributed by atoms with Crippen molar-refractivity contribution in [3.05, 3.63) is 60.0 Å². The van der Waals surface area contributed by atoms with Gasteiger partial charge in [0.2, 0.25) is 5.89 Å². The Bertz CT molecular complexity index is 923. The fourth-order valence-corrected chi connectivity index (χ4v) is 2.55. The zero-order valence-electron chi connectivity index (χ0n) is 14.0. The number of rotatable bonds is 4. The van der Waals surface area contributed by atoms with E-state index in [0.717, 1.165) is 5.56 Å². The van der Waals surface area contributed by atoms with Crippen LogP contribution in [-0.4, -0.2) is 29.4 Å². The molecule has 0 saturated heterocycles. The highest BCUT2D eigenvalue weighted by molar-refractivity contribution is 5.90. The molecule has 7 heteroatoms. The second-order valence-corrected chi connectivity index (χ2v) is 5.72. The lowest BCUT2D eigenvalue weighted by Crippen LogP contribution is -2.16. The zero-order chi connectivity index (χ0) is 17.9. The van der Waals surface area contributed by atoms with E-state index < -0.39 is 12.1 Å². The molecule has 0 amide bonds. The number of nitrogens with zero attached hydrogens (tertiary/aromatic N) is 2. The molecule has 0 spiro atoms. The third-order valence-electron chi connectivity index (χ3n) is 3.87. The fourth-order valence-electron chi connectivity index (χ4n) is 2.55. The van der Waals surface area contributed by atoms with Crippen molar-refractivity contribution in [1.29, 1.82) is 0 Å². The van der Waals surface area contributed by atoms with Gasteiger partial charge < -0.3 is 18.6 Å². The van der Waals surface area contributed by atoms with Gasteiger partial charge in [-0.2, -0.15) is 0 Å². The average molecular weight is 352 g/mol. The van der Waals surface area contributed by atoms with Crippen LogP contribution in [0.5, 0.6) is 11.5 Å². The maximum Gasteiger partial charge on any atom is 0.339 e. The van der Waals surface area contributed by atoms with Crippen LogP contribution in [0, 0.1) is 0 Å². The second-order valence-electron chi connectivity index (χ2n) is 5.72. The van der Waals surface area contributed by atoms with Crippen molar-refractivity contribution in [3.8, 4) is 23.0 Å². The van der Waals surface area contributed by atoms with Gasteiger partial charge in [-0.1, -0.05) is 18.2 Å². The van der Waals surface area contributed by atoms with Crippen molar-refractivity contribution >= 4 is 5.97 Å². The third kappa shape index (κ3) is 3.23. The monoisotopic (exact) mass is 352 g/mol. The summed E-state index contributed by atoms with van der Waals surface area (Å²) in [7, 11) is 0. The average Bonchev–Trinajstić information content (AvgIpc) is 3.18. The first-order chi connectivity index (χ1) is 12.7. The molecule has 0 fully saturated rings. The van der Waals surface area contributed by atoms with Gasteiger partial charge in [-0.25, -0.2) is 4.79 Å². The van der Waals surface area contributed by atoms with Crippen LogP contribution < -0.4 is 9.47 Å². The van der Waals surface area contributed by atoms with Crippen molar-refractivity contribution in [2.24, 2.45) is 0 Å². The first kappa shape index (κ1) is 16.1. The van der Waals surface area contributed by atoms with E-state index in [1.165, 1.54) is 0 Å². The molecular weight excluding hydrogens is 336 g/mol. The van der Waals surface area contributed by atoms with Gasteiger partial charge in [0.05, 0.1) is 5.56 Å². The van der Waals surface area contributed by atoms with Crippen molar-refractivity contribution in [2.45, 2.75) is 13.0 Å². The normalized spacial score (nSPS) is 13.9. The Morgan fingerprint density at radius 3 is 2.62 bits per heavy atom. The third-order valence-corrected chi connectivity index (χ3v) is 3.87. The predicted octanol–water partition coefficient (Wildman–Crippen LogP) is 3.43. The first-order valence-corrected chi connectivity index (χ1v) is 8.20. The van der Waals surface area contributed by atoms with E-state index in [1.807, 2.05) is 30.3 Å². The number of carbonyl (C=O) groups excluding carboxylic acids is 1. The standard InChI is InChI=1S/C19H16N2O5/c1-12(17-20-21-18(26-17)13-5-3-2-4-6-13)25-19(22)14-7-8-15-16(11-14)24-10-9-23-15/h2-8,11-12H,9-10H2,1H3/t12-/m1/s1. The molecule has 1 aliphatic rings. The van der Waals surface area contributed by atoms with Crippen LogP contribution in [0.3, 0.4) is 0 Å². The SMILES string of the molecule is C[C@@H](OC(=O)c1ccc2c(c1)OCCO2)c1nnc(-c2ccccc2)o1. The summed E-state index contributed by atoms with van der Waals surface area (Å²) in [5.41, 5.74) is 1.17. The number of hydrogen-bond donors (Lipinski definition) is 0. The first-order valence-electron chi connectivity index (χ1n) is 8.20. The maximum atomic E-state index is 12.4. The van der Waals surface area contributed by atoms with Gasteiger partial charge in [-0.15, -0.1) is 10.2 Å². The Labute approximate surface area is 149 Å². The van der Waals surface area contributed by atoms with Gasteiger partial charge in [-0.3, -0.25) is 0 Å². The summed E-state index contributed by atoms with van der Waals surface area (Å²) < 4.78 is 22.0. The number of carbonyl (C=O) groups is 1. The number of fused-ring (bicyclic) bond motifs is 1. The van der Waals surface area contributed by atoms with Crippen LogP contribution in [-0.2, 0) is 4.74 Å². The molecule has 1 aliphatic heterocycles. The quantitative estimate of drug-likeness (QED) is 0.665. The number of benzene rings is 2. The Morgan fingerprint density at radius 1 is 1.04 bits per heavy atom. The lowest BCUT2D eigenvalue weighted by Gasteiger charge is -2.18. The minimum absolute atomic E-state index is 0.231. The highest BCUT2D eigenvalue weighted by atomic mass is 16.6. The molecule has 0 saturated carbocycles. The van der Waals surface area contributed by atoms with E-state index in [0.29, 0.717) is 36.2 Å². The highest BCUT2D eigenvalue weighted by Crippen LogP contribution is 2.31. The van der Waals surface area contributed by atoms with Gasteiger partial charge in [0.15, 0.2) is 17.6 Å². The molecule has 0 unspecified atom stereocenters. The van der Waals surface area contributed by atoms with Crippen molar-refractivity contribution in [2.75, 3.05) is 13.2 Å². The van der Waals surface area contributed by atoms with E-state index >= 15 is 0 Å². The molecule has 1 atom stereocenters. The molecule has 7 nitrogen and oxygen atoms in total. The summed E-state index contributed by atoms with van der Waals surface area (Å²) in [5, 5.41) is 7.97. The number of esters is 1. The van der Waals surface area contributed by atoms with Crippen LogP contribution in [0.1, 0.15) is 29.3 Å². The number of hydrogen-bond acceptors (Lipinski definition) is 7. The van der Waals surface area contributed by atoms with E-state index in [2.05, 4.69) is 10.2 Å². The van der Waals surface area contributed by atoms with Gasteiger partial charge in [0.1, 0.15) is 13.2 Å². The molecule has 0 bridgehead atoms. The van der Waals surface area contributed by atoms with E-state index in [9.17, 15) is 4.79 Å². The van der Waals surface area contributed by atoms with E-state index in [-0.39, 0.29) is 5.89 Å². The second kappa shape index (κ2) is 6.87. The molecule has 132 valence electrons. The van der Waals surface area contributed by atoms with Crippen molar-refractivity contribution in [3.63, 3.8) is 0 Å². The largest absolute Gasteiger partial charge is 0.486 e. The maximum absolute atomic E-state index is 12.4. The number of aromatic nitrogens is 2. The summed E-state index contributed by atoms with van der Waals surface area (Å²) in [4.78, 5) is 12.4. The van der Waals surface area contributed by atoms with Crippen molar-refractivity contribution in [1.82, 2.24) is 10.2 Å². The minimum atomic E-state index is -0.680. The summed E-state index contributed by atoms with van der Waals surface area (Å²) in [6.45, 7) is 2.62. The van der Waals surface area contributed by atoms with Gasteiger partial charge in [0.25, 0.3) is 5.89 Å². The van der Waals surface area contributed by atoms with Gasteiger partial charge >= 0.3 is 5.97 Å². The fraction of sp³-hybridized carbons (Fsp3) is 0.211. The lowest BCUT2D eigenvalue weighted by atomic mass is 10.2. The summed E-state index contributed by atoms with van der Waals surface area (Å²) in [6.07, 6.45) is -0.680. The topological polar surface area (TPSA) is 83.7 Å². The summed E-state index contributed by atoms with van der Waals surface area (Å²) in [6, 6.07) is 14.3. The summed E-state index contributed by atoms with van der Waals surface area (Å²) >= 11 is 0. The predicted molar refractivity (Wildman–Crippen MR) is 91.0 cm³/mol. The molecule has 0 aliphatic carbocycles. The zero-order valence-corrected chi connectivity index (χ0v) is 14.0. The van der Waals surface area contributed by atoms with Crippen LogP contribution >= 0.6 is 0 Å². The highest BCUT2D eigenvalue weighted by Gasteiger charge is 2.21. The molecular formula is C19H16N2O5. The van der Waals surface area contributed by atoms with Crippen LogP contribution in [0.25, 0.3) is 11.5 Å². The van der Waals surface area contributed by atoms with Gasteiger partial charge in [0, 0.05) is 5.56 Å². The Hall–Kier alpha value is -3.35. The van der Waals surface area contributed by atoms with Gasteiger partial charge in [-0.05, 0) is 37.3 Å². The molecule has 0 radical (unpaired) electrons. The van der Waals surface area contributed by atoms with E-state index in [1.54, 1.807) is 25.1 Å². The smallest absolute Gasteiger partial charge is 0.339 e. The Morgan fingerprint density at radius 2 is 1.81 bits per heavy atom. The number of ether oxygens (including phenoxy) is 3. The van der Waals surface area contributed by atoms with Crippen LogP contribution in [0.2, 0.25) is 0 Å². The minimum Gasteiger partial charge on any atom is -0.486 e. The molecule has 4 rings (SSSR count). The molecule has 2 heterocycles. The van der Waals surface area contributed by atoms with Crippen LogP contribution in [0.15, 0.2) is 52.9 Å². The molecule has 1 aromatic heterocycles.